The van der Waals surface area contributed by atoms with Crippen molar-refractivity contribution in [3.63, 3.8) is 0 Å². The van der Waals surface area contributed by atoms with Gasteiger partial charge in [0.05, 0.1) is 31.0 Å². The normalized spacial score (nSPS) is 45.4. The molecule has 1 heterocycles. The topological polar surface area (TPSA) is 160 Å². The molecule has 1 saturated carbocycles. The lowest BCUT2D eigenvalue weighted by molar-refractivity contribution is -0.330. The highest BCUT2D eigenvalue weighted by Crippen LogP contribution is 2.56. The van der Waals surface area contributed by atoms with Crippen molar-refractivity contribution in [2.45, 2.75) is 108 Å². The molecule has 0 aromatic heterocycles. The molecule has 10 atom stereocenters. The highest BCUT2D eigenvalue weighted by Gasteiger charge is 2.55. The number of fused-ring (bicyclic) bond motifs is 1. The largest absolute Gasteiger partial charge is 0.394 e. The minimum absolute atomic E-state index is 0.0457. The van der Waals surface area contributed by atoms with E-state index in [1.807, 2.05) is 20.8 Å². The molecule has 35 heavy (non-hydrogen) atoms. The van der Waals surface area contributed by atoms with Gasteiger partial charge in [-0.15, -0.1) is 0 Å². The van der Waals surface area contributed by atoms with Crippen LogP contribution in [0.3, 0.4) is 0 Å². The van der Waals surface area contributed by atoms with E-state index in [0.717, 1.165) is 12.0 Å². The van der Waals surface area contributed by atoms with Gasteiger partial charge in [-0.2, -0.15) is 0 Å². The summed E-state index contributed by atoms with van der Waals surface area (Å²) in [6.45, 7) is 9.14. The average Bonchev–Trinajstić information content (AvgIpc) is 3.17. The standard InChI is InChI=1S/C26H44O9/c1-14-5-7-17-16(9-10-26(17,4)20(30)11-15(12-27)6-8-18(14)29)25(2,3)35-24-23(33)22(32)21(31)19(13-28)34-24/h11,16-24,27-33H,1,5-10,12-13H2,2-4H3/b15-11-/t16-,17+,18+,19-,20+,21-,22-,23-,24+,26+/m1/s1. The smallest absolute Gasteiger partial charge is 0.187 e. The predicted molar refractivity (Wildman–Crippen MR) is 128 cm³/mol. The van der Waals surface area contributed by atoms with Gasteiger partial charge in [0.25, 0.3) is 0 Å². The first kappa shape index (κ1) is 28.7. The van der Waals surface area contributed by atoms with Gasteiger partial charge in [0.2, 0.25) is 0 Å². The lowest BCUT2D eigenvalue weighted by Crippen LogP contribution is -2.61. The number of aliphatic hydroxyl groups is 7. The molecule has 0 radical (unpaired) electrons. The Morgan fingerprint density at radius 1 is 1.03 bits per heavy atom. The Kier molecular flexibility index (Phi) is 9.22. The Morgan fingerprint density at radius 2 is 1.71 bits per heavy atom. The lowest BCUT2D eigenvalue weighted by atomic mass is 9.67. The van der Waals surface area contributed by atoms with E-state index in [1.165, 1.54) is 0 Å². The molecule has 7 N–H and O–H groups in total. The molecule has 1 saturated heterocycles. The highest BCUT2D eigenvalue weighted by atomic mass is 16.7. The zero-order chi connectivity index (χ0) is 26.1. The lowest BCUT2D eigenvalue weighted by Gasteiger charge is -2.46. The van der Waals surface area contributed by atoms with Gasteiger partial charge in [0.1, 0.15) is 24.4 Å². The molecule has 3 rings (SSSR count). The predicted octanol–water partition coefficient (Wildman–Crippen LogP) is 0.385. The molecular weight excluding hydrogens is 456 g/mol. The molecule has 2 aliphatic carbocycles. The van der Waals surface area contributed by atoms with Crippen molar-refractivity contribution in [2.75, 3.05) is 13.2 Å². The van der Waals surface area contributed by atoms with Crippen LogP contribution in [0.15, 0.2) is 23.8 Å². The highest BCUT2D eigenvalue weighted by molar-refractivity contribution is 5.16. The van der Waals surface area contributed by atoms with Crippen LogP contribution in [0.1, 0.15) is 59.3 Å². The van der Waals surface area contributed by atoms with Crippen molar-refractivity contribution in [1.29, 1.82) is 0 Å². The Bertz CT molecular complexity index is 766. The van der Waals surface area contributed by atoms with E-state index in [4.69, 9.17) is 9.47 Å². The van der Waals surface area contributed by atoms with Gasteiger partial charge >= 0.3 is 0 Å². The summed E-state index contributed by atoms with van der Waals surface area (Å²) in [4.78, 5) is 0. The van der Waals surface area contributed by atoms with Crippen LogP contribution in [0.4, 0.5) is 0 Å². The third-order valence-electron chi connectivity index (χ3n) is 8.75. The summed E-state index contributed by atoms with van der Waals surface area (Å²) in [6.07, 6.45) is -2.98. The zero-order valence-corrected chi connectivity index (χ0v) is 21.1. The van der Waals surface area contributed by atoms with Crippen LogP contribution in [0.5, 0.6) is 0 Å². The van der Waals surface area contributed by atoms with Gasteiger partial charge in [-0.05, 0) is 75.4 Å². The molecule has 3 aliphatic rings. The number of hydrogen-bond acceptors (Lipinski definition) is 9. The summed E-state index contributed by atoms with van der Waals surface area (Å²) in [5.41, 5.74) is 0.0293. The average molecular weight is 501 g/mol. The van der Waals surface area contributed by atoms with Gasteiger partial charge in [-0.25, -0.2) is 0 Å². The van der Waals surface area contributed by atoms with Crippen molar-refractivity contribution in [3.8, 4) is 0 Å². The molecule has 9 nitrogen and oxygen atoms in total. The van der Waals surface area contributed by atoms with E-state index in [1.54, 1.807) is 6.08 Å². The zero-order valence-electron chi connectivity index (χ0n) is 21.1. The Labute approximate surface area is 207 Å². The fourth-order valence-electron chi connectivity index (χ4n) is 6.26. The maximum Gasteiger partial charge on any atom is 0.187 e. The summed E-state index contributed by atoms with van der Waals surface area (Å²) < 4.78 is 11.8. The maximum atomic E-state index is 11.3. The van der Waals surface area contributed by atoms with E-state index in [9.17, 15) is 35.7 Å². The van der Waals surface area contributed by atoms with E-state index < -0.39 is 60.5 Å². The van der Waals surface area contributed by atoms with E-state index in [-0.39, 0.29) is 18.4 Å². The van der Waals surface area contributed by atoms with E-state index in [2.05, 4.69) is 6.58 Å². The van der Waals surface area contributed by atoms with Crippen molar-refractivity contribution in [2.24, 2.45) is 17.3 Å². The molecular formula is C26H44O9. The van der Waals surface area contributed by atoms with Gasteiger partial charge in [-0.3, -0.25) is 0 Å². The molecule has 1 aliphatic heterocycles. The summed E-state index contributed by atoms with van der Waals surface area (Å²) in [7, 11) is 0. The first-order chi connectivity index (χ1) is 16.4. The minimum atomic E-state index is -1.53. The summed E-state index contributed by atoms with van der Waals surface area (Å²) in [6, 6.07) is 0. The van der Waals surface area contributed by atoms with Crippen molar-refractivity contribution in [1.82, 2.24) is 0 Å². The fraction of sp³-hybridized carbons (Fsp3) is 0.846. The summed E-state index contributed by atoms with van der Waals surface area (Å²) in [5.74, 6) is -0.123. The molecule has 0 bridgehead atoms. The third kappa shape index (κ3) is 5.84. The van der Waals surface area contributed by atoms with Crippen LogP contribution in [0.25, 0.3) is 0 Å². The van der Waals surface area contributed by atoms with Crippen molar-refractivity contribution in [3.05, 3.63) is 23.8 Å². The number of ether oxygens (including phenoxy) is 2. The maximum absolute atomic E-state index is 11.3. The second-order valence-corrected chi connectivity index (χ2v) is 11.4. The van der Waals surface area contributed by atoms with Crippen LogP contribution < -0.4 is 0 Å². The summed E-state index contributed by atoms with van der Waals surface area (Å²) in [5, 5.41) is 71.9. The number of rotatable bonds is 5. The molecule has 0 aromatic rings. The van der Waals surface area contributed by atoms with Crippen LogP contribution in [0, 0.1) is 17.3 Å². The fourth-order valence-corrected chi connectivity index (χ4v) is 6.26. The molecule has 0 aromatic carbocycles. The SMILES string of the molecule is C=C1CC[C@H]2[C@H](C(C)(C)O[C@@H]3O[C@H](CO)[C@@H](O)[C@@H](O)[C@H]3O)CC[C@]2(C)[C@@H](O)/C=C(\CO)CC[C@@H]1O. The Balaban J connectivity index is 1.88. The molecule has 202 valence electrons. The Morgan fingerprint density at radius 3 is 2.34 bits per heavy atom. The van der Waals surface area contributed by atoms with Gasteiger partial charge in [0.15, 0.2) is 6.29 Å². The first-order valence-electron chi connectivity index (χ1n) is 12.7. The second-order valence-electron chi connectivity index (χ2n) is 11.4. The van der Waals surface area contributed by atoms with Crippen LogP contribution in [-0.4, -0.2) is 97.5 Å². The first-order valence-corrected chi connectivity index (χ1v) is 12.7. The van der Waals surface area contributed by atoms with E-state index in [0.29, 0.717) is 37.7 Å². The molecule has 0 unspecified atom stereocenters. The molecule has 2 fully saturated rings. The van der Waals surface area contributed by atoms with Gasteiger partial charge in [0, 0.05) is 5.41 Å². The number of aliphatic hydroxyl groups excluding tert-OH is 7. The van der Waals surface area contributed by atoms with Gasteiger partial charge in [-0.1, -0.05) is 19.6 Å². The molecule has 0 spiro atoms. The Hall–Kier alpha value is -0.880. The van der Waals surface area contributed by atoms with Crippen molar-refractivity contribution < 1.29 is 45.2 Å². The van der Waals surface area contributed by atoms with Crippen LogP contribution >= 0.6 is 0 Å². The second kappa shape index (κ2) is 11.2. The molecule has 9 heteroatoms. The number of hydrogen-bond donors (Lipinski definition) is 7. The summed E-state index contributed by atoms with van der Waals surface area (Å²) >= 11 is 0. The van der Waals surface area contributed by atoms with Crippen LogP contribution in [0.2, 0.25) is 0 Å². The van der Waals surface area contributed by atoms with E-state index >= 15 is 0 Å². The van der Waals surface area contributed by atoms with Gasteiger partial charge < -0.3 is 45.2 Å². The molecule has 0 amide bonds. The van der Waals surface area contributed by atoms with Crippen LogP contribution in [-0.2, 0) is 9.47 Å². The third-order valence-corrected chi connectivity index (χ3v) is 8.75. The quantitative estimate of drug-likeness (QED) is 0.265. The minimum Gasteiger partial charge on any atom is -0.394 e. The monoisotopic (exact) mass is 500 g/mol. The van der Waals surface area contributed by atoms with Crippen molar-refractivity contribution >= 4 is 0 Å².